The zero-order valence-corrected chi connectivity index (χ0v) is 17.9. The second-order valence-corrected chi connectivity index (χ2v) is 8.08. The summed E-state index contributed by atoms with van der Waals surface area (Å²) in [7, 11) is 0. The third kappa shape index (κ3) is 4.75. The maximum Gasteiger partial charge on any atom is 0.227 e. The zero-order chi connectivity index (χ0) is 20.2. The number of rotatable bonds is 5. The Hall–Kier alpha value is -2.49. The van der Waals surface area contributed by atoms with Crippen LogP contribution in [-0.4, -0.2) is 47.1 Å². The van der Waals surface area contributed by atoms with E-state index >= 15 is 0 Å². The molecule has 2 aromatic carbocycles. The second kappa shape index (κ2) is 8.89. The number of carbonyl (C=O) groups excluding carboxylic acids is 1. The van der Waals surface area contributed by atoms with Crippen LogP contribution in [0.5, 0.6) is 0 Å². The van der Waals surface area contributed by atoms with E-state index in [-0.39, 0.29) is 11.7 Å². The van der Waals surface area contributed by atoms with E-state index in [0.29, 0.717) is 56.4 Å². The average molecular weight is 506 g/mol. The predicted octanol–water partition coefficient (Wildman–Crippen LogP) is 3.76. The van der Waals surface area contributed by atoms with E-state index in [2.05, 4.69) is 32.7 Å². The molecule has 8 heteroatoms. The molecule has 4 rings (SSSR count). The second-order valence-electron chi connectivity index (χ2n) is 6.84. The summed E-state index contributed by atoms with van der Waals surface area (Å²) in [6.45, 7) is 2.38. The number of para-hydroxylation sites is 1. The van der Waals surface area contributed by atoms with Gasteiger partial charge in [0.2, 0.25) is 17.6 Å². The Morgan fingerprint density at radius 2 is 1.79 bits per heavy atom. The Balaban J connectivity index is 1.29. The summed E-state index contributed by atoms with van der Waals surface area (Å²) >= 11 is 2.24. The summed E-state index contributed by atoms with van der Waals surface area (Å²) in [5, 5.41) is 4.00. The lowest BCUT2D eigenvalue weighted by molar-refractivity contribution is -0.131. The summed E-state index contributed by atoms with van der Waals surface area (Å²) in [4.78, 5) is 20.7. The molecule has 1 aliphatic rings. The number of piperazine rings is 1. The SMILES string of the molecule is O=C(CCc1nc(-c2ccc(I)cc2)no1)N1CCN(c2ccccc2F)CC1. The van der Waals surface area contributed by atoms with Crippen LogP contribution in [0.2, 0.25) is 0 Å². The van der Waals surface area contributed by atoms with Crippen molar-refractivity contribution in [3.05, 3.63) is 63.8 Å². The van der Waals surface area contributed by atoms with Crippen LogP contribution < -0.4 is 4.90 Å². The van der Waals surface area contributed by atoms with Crippen molar-refractivity contribution in [3.63, 3.8) is 0 Å². The molecule has 0 unspecified atom stereocenters. The van der Waals surface area contributed by atoms with Gasteiger partial charge in [0.1, 0.15) is 5.82 Å². The van der Waals surface area contributed by atoms with E-state index in [0.717, 1.165) is 9.13 Å². The quantitative estimate of drug-likeness (QED) is 0.494. The third-order valence-corrected chi connectivity index (χ3v) is 5.67. The van der Waals surface area contributed by atoms with Gasteiger partial charge in [0.05, 0.1) is 5.69 Å². The van der Waals surface area contributed by atoms with Crippen LogP contribution in [0.3, 0.4) is 0 Å². The van der Waals surface area contributed by atoms with Crippen LogP contribution in [-0.2, 0) is 11.2 Å². The molecule has 3 aromatic rings. The number of hydrogen-bond donors (Lipinski definition) is 0. The van der Waals surface area contributed by atoms with E-state index in [1.54, 1.807) is 12.1 Å². The number of nitrogens with zero attached hydrogens (tertiary/aromatic N) is 4. The van der Waals surface area contributed by atoms with E-state index in [1.165, 1.54) is 6.07 Å². The summed E-state index contributed by atoms with van der Waals surface area (Å²) in [5.74, 6) is 0.805. The predicted molar refractivity (Wildman–Crippen MR) is 116 cm³/mol. The van der Waals surface area contributed by atoms with E-state index in [1.807, 2.05) is 40.1 Å². The number of aromatic nitrogens is 2. The Bertz CT molecular complexity index is 984. The standard InChI is InChI=1S/C21H20FIN4O2/c22-17-3-1-2-4-18(17)26-11-13-27(14-12-26)20(28)10-9-19-24-21(25-29-19)15-5-7-16(23)8-6-15/h1-8H,9-14H2. The van der Waals surface area contributed by atoms with Gasteiger partial charge in [-0.1, -0.05) is 29.4 Å². The highest BCUT2D eigenvalue weighted by Crippen LogP contribution is 2.21. The molecule has 0 spiro atoms. The number of benzene rings is 2. The molecule has 1 fully saturated rings. The van der Waals surface area contributed by atoms with Crippen molar-refractivity contribution in [1.82, 2.24) is 15.0 Å². The van der Waals surface area contributed by atoms with Gasteiger partial charge in [-0.3, -0.25) is 4.79 Å². The molecule has 1 aliphatic heterocycles. The van der Waals surface area contributed by atoms with Gasteiger partial charge < -0.3 is 14.3 Å². The minimum atomic E-state index is -0.229. The van der Waals surface area contributed by atoms with Crippen LogP contribution in [0.4, 0.5) is 10.1 Å². The Morgan fingerprint density at radius 3 is 2.52 bits per heavy atom. The molecule has 0 N–H and O–H groups in total. The fourth-order valence-corrected chi connectivity index (χ4v) is 3.71. The highest BCUT2D eigenvalue weighted by molar-refractivity contribution is 14.1. The lowest BCUT2D eigenvalue weighted by Gasteiger charge is -2.36. The molecular weight excluding hydrogens is 486 g/mol. The van der Waals surface area contributed by atoms with Crippen LogP contribution in [0.15, 0.2) is 53.1 Å². The Labute approximate surface area is 181 Å². The van der Waals surface area contributed by atoms with Gasteiger partial charge in [-0.25, -0.2) is 4.39 Å². The Kier molecular flexibility index (Phi) is 6.08. The number of halogens is 2. The van der Waals surface area contributed by atoms with Gasteiger partial charge >= 0.3 is 0 Å². The molecule has 0 saturated carbocycles. The fourth-order valence-electron chi connectivity index (χ4n) is 3.35. The van der Waals surface area contributed by atoms with Crippen molar-refractivity contribution < 1.29 is 13.7 Å². The number of carbonyl (C=O) groups is 1. The minimum Gasteiger partial charge on any atom is -0.366 e. The maximum atomic E-state index is 13.9. The molecule has 1 saturated heterocycles. The van der Waals surface area contributed by atoms with Crippen molar-refractivity contribution in [2.75, 3.05) is 31.1 Å². The van der Waals surface area contributed by atoms with Gasteiger partial charge in [-0.2, -0.15) is 4.98 Å². The molecule has 1 aromatic heterocycles. The van der Waals surface area contributed by atoms with Gasteiger partial charge in [-0.05, 0) is 46.9 Å². The molecule has 1 amide bonds. The van der Waals surface area contributed by atoms with Crippen molar-refractivity contribution in [3.8, 4) is 11.4 Å². The van der Waals surface area contributed by atoms with Gasteiger partial charge in [-0.15, -0.1) is 0 Å². The van der Waals surface area contributed by atoms with E-state index in [4.69, 9.17) is 4.52 Å². The van der Waals surface area contributed by atoms with Crippen molar-refractivity contribution in [2.45, 2.75) is 12.8 Å². The highest BCUT2D eigenvalue weighted by Gasteiger charge is 2.23. The first-order chi connectivity index (χ1) is 14.1. The number of aryl methyl sites for hydroxylation is 1. The molecule has 2 heterocycles. The van der Waals surface area contributed by atoms with Gasteiger partial charge in [0, 0.05) is 48.2 Å². The van der Waals surface area contributed by atoms with E-state index < -0.39 is 0 Å². The first-order valence-electron chi connectivity index (χ1n) is 9.46. The summed E-state index contributed by atoms with van der Waals surface area (Å²) in [6, 6.07) is 14.6. The van der Waals surface area contributed by atoms with Crippen LogP contribution in [0, 0.1) is 9.39 Å². The lowest BCUT2D eigenvalue weighted by Crippen LogP contribution is -2.49. The number of amides is 1. The highest BCUT2D eigenvalue weighted by atomic mass is 127. The zero-order valence-electron chi connectivity index (χ0n) is 15.7. The van der Waals surface area contributed by atoms with Gasteiger partial charge in [0.15, 0.2) is 0 Å². The molecule has 150 valence electrons. The molecule has 29 heavy (non-hydrogen) atoms. The monoisotopic (exact) mass is 506 g/mol. The normalized spacial score (nSPS) is 14.3. The number of hydrogen-bond acceptors (Lipinski definition) is 5. The Morgan fingerprint density at radius 1 is 1.07 bits per heavy atom. The van der Waals surface area contributed by atoms with Crippen LogP contribution in [0.1, 0.15) is 12.3 Å². The van der Waals surface area contributed by atoms with Crippen molar-refractivity contribution in [1.29, 1.82) is 0 Å². The topological polar surface area (TPSA) is 62.5 Å². The average Bonchev–Trinajstić information content (AvgIpc) is 3.22. The maximum absolute atomic E-state index is 13.9. The third-order valence-electron chi connectivity index (χ3n) is 4.95. The smallest absolute Gasteiger partial charge is 0.227 e. The van der Waals surface area contributed by atoms with E-state index in [9.17, 15) is 9.18 Å². The number of anilines is 1. The lowest BCUT2D eigenvalue weighted by atomic mass is 10.2. The van der Waals surface area contributed by atoms with Crippen LogP contribution in [0.25, 0.3) is 11.4 Å². The first-order valence-corrected chi connectivity index (χ1v) is 10.5. The van der Waals surface area contributed by atoms with Gasteiger partial charge in [0.25, 0.3) is 0 Å². The first kappa shape index (κ1) is 19.8. The molecule has 6 nitrogen and oxygen atoms in total. The molecule has 0 atom stereocenters. The molecule has 0 bridgehead atoms. The summed E-state index contributed by atoms with van der Waals surface area (Å²) in [5.41, 5.74) is 1.48. The largest absolute Gasteiger partial charge is 0.366 e. The summed E-state index contributed by atoms with van der Waals surface area (Å²) in [6.07, 6.45) is 0.720. The molecule has 0 aliphatic carbocycles. The fraction of sp³-hybridized carbons (Fsp3) is 0.286. The molecule has 0 radical (unpaired) electrons. The van der Waals surface area contributed by atoms with Crippen LogP contribution >= 0.6 is 22.6 Å². The minimum absolute atomic E-state index is 0.0483. The van der Waals surface area contributed by atoms with Crippen molar-refractivity contribution >= 4 is 34.2 Å². The molecular formula is C21H20FIN4O2. The summed E-state index contributed by atoms with van der Waals surface area (Å²) < 4.78 is 20.4. The van der Waals surface area contributed by atoms with Crippen molar-refractivity contribution in [2.24, 2.45) is 0 Å².